The summed E-state index contributed by atoms with van der Waals surface area (Å²) < 4.78 is 2.67. The average molecular weight is 540 g/mol. The lowest BCUT2D eigenvalue weighted by Gasteiger charge is -2.20. The Balaban J connectivity index is 1.81. The molecule has 0 spiro atoms. The van der Waals surface area contributed by atoms with Gasteiger partial charge < -0.3 is 4.57 Å². The van der Waals surface area contributed by atoms with Gasteiger partial charge >= 0.3 is 0 Å². The van der Waals surface area contributed by atoms with Crippen LogP contribution in [0, 0.1) is 28.4 Å². The van der Waals surface area contributed by atoms with E-state index in [1.165, 1.54) is 12.3 Å². The van der Waals surface area contributed by atoms with Crippen LogP contribution in [0.1, 0.15) is 42.3 Å². The summed E-state index contributed by atoms with van der Waals surface area (Å²) in [7, 11) is 0. The number of imidazole rings is 1. The minimum absolute atomic E-state index is 0.116. The number of nitro benzene ring substituents is 1. The molecule has 0 saturated heterocycles. The zero-order valence-electron chi connectivity index (χ0n) is 17.7. The van der Waals surface area contributed by atoms with Crippen LogP contribution in [0.15, 0.2) is 45.1 Å². The second-order valence-corrected chi connectivity index (χ2v) is 8.90. The predicted molar refractivity (Wildman–Crippen MR) is 131 cm³/mol. The number of allylic oxidation sites excluding steroid dienone is 1. The van der Waals surface area contributed by atoms with E-state index in [0.29, 0.717) is 10.1 Å². The molecule has 0 amide bonds. The summed E-state index contributed by atoms with van der Waals surface area (Å²) in [6.45, 7) is 4.54. The van der Waals surface area contributed by atoms with E-state index in [0.717, 1.165) is 47.4 Å². The third-order valence-electron chi connectivity index (χ3n) is 5.65. The molecule has 32 heavy (non-hydrogen) atoms. The first-order valence-corrected chi connectivity index (χ1v) is 11.4. The standard InChI is InChI=1S/C23H21IN6O2/c1-3-4-5-20-28-21-15(2)8-10-26-22(21)29(20)13-16-6-7-17(18(12-16)30(31)32)23(14-25)19(24)9-11-27-23/h6-12H,3-5,13H2,1-2H3. The maximum Gasteiger partial charge on any atom is 0.276 e. The molecule has 0 fully saturated rings. The van der Waals surface area contributed by atoms with Crippen LogP contribution in [0.25, 0.3) is 11.2 Å². The van der Waals surface area contributed by atoms with Crippen molar-refractivity contribution < 1.29 is 4.92 Å². The number of pyridine rings is 1. The number of nitro groups is 1. The molecule has 0 N–H and O–H groups in total. The highest BCUT2D eigenvalue weighted by Crippen LogP contribution is 2.43. The largest absolute Gasteiger partial charge is 0.308 e. The molecule has 3 aromatic rings. The number of aromatic nitrogens is 3. The Kier molecular flexibility index (Phi) is 6.06. The van der Waals surface area contributed by atoms with Crippen LogP contribution < -0.4 is 0 Å². The van der Waals surface area contributed by atoms with Crippen LogP contribution in [0.5, 0.6) is 0 Å². The van der Waals surface area contributed by atoms with Gasteiger partial charge in [-0.1, -0.05) is 19.4 Å². The fourth-order valence-corrected chi connectivity index (χ4v) is 4.64. The van der Waals surface area contributed by atoms with Crippen LogP contribution in [-0.2, 0) is 18.5 Å². The summed E-state index contributed by atoms with van der Waals surface area (Å²) in [5, 5.41) is 21.8. The molecule has 1 aromatic carbocycles. The van der Waals surface area contributed by atoms with Crippen molar-refractivity contribution in [1.82, 2.24) is 14.5 Å². The van der Waals surface area contributed by atoms with Crippen molar-refractivity contribution in [2.45, 2.75) is 45.2 Å². The Bertz CT molecular complexity index is 1320. The van der Waals surface area contributed by atoms with E-state index in [-0.39, 0.29) is 11.3 Å². The number of fused-ring (bicyclic) bond motifs is 1. The number of aliphatic imine (C=N–C) groups is 1. The van der Waals surface area contributed by atoms with Gasteiger partial charge in [0.25, 0.3) is 5.69 Å². The molecule has 8 nitrogen and oxygen atoms in total. The van der Waals surface area contributed by atoms with Gasteiger partial charge in [-0.25, -0.2) is 9.97 Å². The zero-order valence-corrected chi connectivity index (χ0v) is 19.9. The van der Waals surface area contributed by atoms with Crippen molar-refractivity contribution in [3.05, 3.63) is 72.7 Å². The Hall–Kier alpha value is -3.13. The predicted octanol–water partition coefficient (Wildman–Crippen LogP) is 5.16. The van der Waals surface area contributed by atoms with Gasteiger partial charge in [-0.15, -0.1) is 0 Å². The highest BCUT2D eigenvalue weighted by molar-refractivity contribution is 14.1. The lowest BCUT2D eigenvalue weighted by Crippen LogP contribution is -2.21. The lowest BCUT2D eigenvalue weighted by molar-refractivity contribution is -0.385. The first-order chi connectivity index (χ1) is 15.4. The molecule has 0 bridgehead atoms. The first-order valence-electron chi connectivity index (χ1n) is 10.3. The Morgan fingerprint density at radius 3 is 2.81 bits per heavy atom. The van der Waals surface area contributed by atoms with E-state index >= 15 is 0 Å². The van der Waals surface area contributed by atoms with Gasteiger partial charge in [0.1, 0.15) is 17.4 Å². The third-order valence-corrected chi connectivity index (χ3v) is 6.79. The summed E-state index contributed by atoms with van der Waals surface area (Å²) in [6, 6.07) is 9.11. The number of nitriles is 1. The highest BCUT2D eigenvalue weighted by Gasteiger charge is 2.42. The molecule has 2 aromatic heterocycles. The van der Waals surface area contributed by atoms with E-state index in [4.69, 9.17) is 4.98 Å². The molecule has 3 heterocycles. The molecule has 0 aliphatic carbocycles. The van der Waals surface area contributed by atoms with E-state index in [1.54, 1.807) is 18.3 Å². The number of halogens is 1. The van der Waals surface area contributed by atoms with Crippen LogP contribution in [0.3, 0.4) is 0 Å². The Morgan fingerprint density at radius 2 is 2.16 bits per heavy atom. The van der Waals surface area contributed by atoms with Crippen molar-refractivity contribution in [1.29, 1.82) is 5.26 Å². The topological polar surface area (TPSA) is 110 Å². The molecule has 0 radical (unpaired) electrons. The second-order valence-electron chi connectivity index (χ2n) is 7.74. The molecule has 1 aliphatic heterocycles. The van der Waals surface area contributed by atoms with Gasteiger partial charge in [0, 0.05) is 28.5 Å². The number of hydrogen-bond donors (Lipinski definition) is 0. The van der Waals surface area contributed by atoms with Gasteiger partial charge in [-0.05, 0) is 65.3 Å². The normalized spacial score (nSPS) is 17.5. The monoisotopic (exact) mass is 540 g/mol. The number of aryl methyl sites for hydroxylation is 2. The number of benzene rings is 1. The van der Waals surface area contributed by atoms with Crippen LogP contribution in [-0.4, -0.2) is 25.7 Å². The number of rotatable bonds is 7. The lowest BCUT2D eigenvalue weighted by atomic mass is 9.90. The summed E-state index contributed by atoms with van der Waals surface area (Å²) in [5.74, 6) is 0.918. The van der Waals surface area contributed by atoms with Gasteiger partial charge in [-0.2, -0.15) is 5.26 Å². The average Bonchev–Trinajstić information content (AvgIpc) is 3.34. The van der Waals surface area contributed by atoms with Crippen molar-refractivity contribution >= 4 is 45.7 Å². The molecule has 162 valence electrons. The fraction of sp³-hybridized carbons (Fsp3) is 0.304. The van der Waals surface area contributed by atoms with E-state index in [9.17, 15) is 15.4 Å². The molecular weight excluding hydrogens is 519 g/mol. The molecule has 0 saturated carbocycles. The van der Waals surface area contributed by atoms with Gasteiger partial charge in [0.05, 0.1) is 17.0 Å². The minimum Gasteiger partial charge on any atom is -0.308 e. The van der Waals surface area contributed by atoms with Gasteiger partial charge in [0.2, 0.25) is 5.54 Å². The van der Waals surface area contributed by atoms with Crippen molar-refractivity contribution in [3.63, 3.8) is 0 Å². The van der Waals surface area contributed by atoms with Crippen LogP contribution in [0.2, 0.25) is 0 Å². The smallest absolute Gasteiger partial charge is 0.276 e. The van der Waals surface area contributed by atoms with Crippen molar-refractivity contribution in [3.8, 4) is 6.07 Å². The quantitative estimate of drug-likeness (QED) is 0.234. The maximum absolute atomic E-state index is 12.0. The third kappa shape index (κ3) is 3.68. The molecule has 4 rings (SSSR count). The molecular formula is C23H21IN6O2. The Labute approximate surface area is 199 Å². The minimum atomic E-state index is -1.37. The number of unbranched alkanes of at least 4 members (excludes halogenated alkanes) is 1. The highest BCUT2D eigenvalue weighted by atomic mass is 127. The first kappa shape index (κ1) is 22.1. The summed E-state index contributed by atoms with van der Waals surface area (Å²) in [5.41, 5.74) is 2.21. The molecule has 1 unspecified atom stereocenters. The van der Waals surface area contributed by atoms with Crippen molar-refractivity contribution in [2.75, 3.05) is 0 Å². The summed E-state index contributed by atoms with van der Waals surface area (Å²) >= 11 is 2.02. The number of hydrogen-bond acceptors (Lipinski definition) is 6. The molecule has 1 atom stereocenters. The van der Waals surface area contributed by atoms with E-state index in [2.05, 4.69) is 23.0 Å². The summed E-state index contributed by atoms with van der Waals surface area (Å²) in [6.07, 6.45) is 7.82. The van der Waals surface area contributed by atoms with E-state index in [1.807, 2.05) is 46.2 Å². The maximum atomic E-state index is 12.0. The Morgan fingerprint density at radius 1 is 1.34 bits per heavy atom. The molecule has 9 heteroatoms. The van der Waals surface area contributed by atoms with Crippen molar-refractivity contribution in [2.24, 2.45) is 4.99 Å². The number of nitrogens with zero attached hydrogens (tertiary/aromatic N) is 6. The van der Waals surface area contributed by atoms with Gasteiger partial charge in [0.15, 0.2) is 5.65 Å². The molecule has 1 aliphatic rings. The van der Waals surface area contributed by atoms with Crippen LogP contribution in [0.4, 0.5) is 5.69 Å². The fourth-order valence-electron chi connectivity index (χ4n) is 3.93. The zero-order chi connectivity index (χ0) is 22.9. The SMILES string of the molecule is CCCCc1nc2c(C)ccnc2n1Cc1ccc(C2(C#N)N=CC=C2I)c([N+](=O)[O-])c1. The second kappa shape index (κ2) is 8.78. The summed E-state index contributed by atoms with van der Waals surface area (Å²) in [4.78, 5) is 25.1. The van der Waals surface area contributed by atoms with Crippen LogP contribution >= 0.6 is 22.6 Å². The van der Waals surface area contributed by atoms with Gasteiger partial charge in [-0.3, -0.25) is 15.1 Å². The van der Waals surface area contributed by atoms with E-state index < -0.39 is 10.5 Å².